The van der Waals surface area contributed by atoms with Crippen LogP contribution in [0.1, 0.15) is 26.7 Å². The Kier molecular flexibility index (Phi) is 3.98. The summed E-state index contributed by atoms with van der Waals surface area (Å²) in [5.74, 6) is 0. The number of aliphatic hydroxyl groups is 1. The maximum Gasteiger partial charge on any atom is 0.105 e. The zero-order valence-corrected chi connectivity index (χ0v) is 8.16. The molecule has 0 saturated carbocycles. The molecule has 1 unspecified atom stereocenters. The van der Waals surface area contributed by atoms with Crippen molar-refractivity contribution in [3.05, 3.63) is 0 Å². The van der Waals surface area contributed by atoms with Gasteiger partial charge in [0.2, 0.25) is 0 Å². The van der Waals surface area contributed by atoms with Gasteiger partial charge < -0.3 is 5.11 Å². The molecule has 3 nitrogen and oxygen atoms in total. The van der Waals surface area contributed by atoms with Crippen LogP contribution < -0.4 is 0 Å². The van der Waals surface area contributed by atoms with Crippen LogP contribution in [0.15, 0.2) is 0 Å². The number of aliphatic hydroxyl groups excluding tert-OH is 1. The second kappa shape index (κ2) is 4.80. The fraction of sp³-hybridized carbons (Fsp3) is 1.00. The maximum atomic E-state index is 9.37. The van der Waals surface area contributed by atoms with Gasteiger partial charge >= 0.3 is 0 Å². The van der Waals surface area contributed by atoms with Crippen molar-refractivity contribution in [3.8, 4) is 0 Å². The molecule has 0 spiro atoms. The molecule has 1 fully saturated rings. The Balaban J connectivity index is 2.26. The van der Waals surface area contributed by atoms with E-state index in [1.165, 1.54) is 25.9 Å². The second-order valence-electron chi connectivity index (χ2n) is 3.50. The van der Waals surface area contributed by atoms with Crippen LogP contribution in [0.25, 0.3) is 0 Å². The van der Waals surface area contributed by atoms with Crippen molar-refractivity contribution in [2.45, 2.75) is 32.9 Å². The van der Waals surface area contributed by atoms with Gasteiger partial charge in [0.05, 0.1) is 6.67 Å². The van der Waals surface area contributed by atoms with E-state index in [1.54, 1.807) is 0 Å². The molecule has 0 radical (unpaired) electrons. The molecule has 1 rings (SSSR count). The summed E-state index contributed by atoms with van der Waals surface area (Å²) in [5.41, 5.74) is 0. The van der Waals surface area contributed by atoms with Gasteiger partial charge in [-0.2, -0.15) is 0 Å². The Labute approximate surface area is 75.0 Å². The minimum atomic E-state index is -0.310. The van der Waals surface area contributed by atoms with Crippen LogP contribution in [-0.4, -0.2) is 47.4 Å². The maximum absolute atomic E-state index is 9.37. The van der Waals surface area contributed by atoms with Crippen LogP contribution in [0.3, 0.4) is 0 Å². The van der Waals surface area contributed by atoms with Gasteiger partial charge in [-0.15, -0.1) is 0 Å². The van der Waals surface area contributed by atoms with E-state index in [0.29, 0.717) is 0 Å². The molecule has 0 aliphatic carbocycles. The Hall–Kier alpha value is -0.120. The zero-order chi connectivity index (χ0) is 8.97. The number of likely N-dealkylation sites (tertiary alicyclic amines) is 1. The van der Waals surface area contributed by atoms with Gasteiger partial charge in [0.15, 0.2) is 0 Å². The van der Waals surface area contributed by atoms with E-state index >= 15 is 0 Å². The summed E-state index contributed by atoms with van der Waals surface area (Å²) in [6.45, 7) is 8.16. The molecule has 0 amide bonds. The molecule has 3 heteroatoms. The fourth-order valence-corrected chi connectivity index (χ4v) is 1.66. The van der Waals surface area contributed by atoms with E-state index in [4.69, 9.17) is 0 Å². The highest BCUT2D eigenvalue weighted by Gasteiger charge is 2.16. The van der Waals surface area contributed by atoms with Gasteiger partial charge in [-0.3, -0.25) is 9.80 Å². The Morgan fingerprint density at radius 3 is 2.42 bits per heavy atom. The van der Waals surface area contributed by atoms with Crippen LogP contribution >= 0.6 is 0 Å². The van der Waals surface area contributed by atoms with Gasteiger partial charge in [-0.25, -0.2) is 0 Å². The SMILES string of the molecule is CCN(CN1CCCC1)C(C)O. The van der Waals surface area contributed by atoms with Gasteiger partial charge in [0, 0.05) is 0 Å². The average molecular weight is 172 g/mol. The summed E-state index contributed by atoms with van der Waals surface area (Å²) in [5, 5.41) is 9.37. The molecular weight excluding hydrogens is 152 g/mol. The number of hydrogen-bond acceptors (Lipinski definition) is 3. The number of rotatable bonds is 4. The third-order valence-corrected chi connectivity index (χ3v) is 2.51. The van der Waals surface area contributed by atoms with E-state index in [2.05, 4.69) is 16.7 Å². The first-order valence-electron chi connectivity index (χ1n) is 4.88. The predicted molar refractivity (Wildman–Crippen MR) is 49.7 cm³/mol. The van der Waals surface area contributed by atoms with Crippen molar-refractivity contribution < 1.29 is 5.11 Å². The Morgan fingerprint density at radius 1 is 1.42 bits per heavy atom. The summed E-state index contributed by atoms with van der Waals surface area (Å²) in [6.07, 6.45) is 2.32. The molecule has 72 valence electrons. The molecule has 0 aromatic heterocycles. The van der Waals surface area contributed by atoms with Gasteiger partial charge in [0.25, 0.3) is 0 Å². The summed E-state index contributed by atoms with van der Waals surface area (Å²) in [4.78, 5) is 4.47. The van der Waals surface area contributed by atoms with Crippen molar-refractivity contribution in [1.82, 2.24) is 9.80 Å². The molecular formula is C9H20N2O. The van der Waals surface area contributed by atoms with Crippen molar-refractivity contribution in [2.75, 3.05) is 26.3 Å². The third kappa shape index (κ3) is 2.73. The monoisotopic (exact) mass is 172 g/mol. The van der Waals surface area contributed by atoms with Crippen LogP contribution in [0.2, 0.25) is 0 Å². The van der Waals surface area contributed by atoms with Gasteiger partial charge in [0.1, 0.15) is 6.23 Å². The second-order valence-corrected chi connectivity index (χ2v) is 3.50. The Morgan fingerprint density at radius 2 is 2.00 bits per heavy atom. The van der Waals surface area contributed by atoms with E-state index in [9.17, 15) is 5.11 Å². The lowest BCUT2D eigenvalue weighted by Gasteiger charge is -2.28. The number of nitrogens with zero attached hydrogens (tertiary/aromatic N) is 2. The molecule has 0 bridgehead atoms. The first kappa shape index (κ1) is 9.96. The smallest absolute Gasteiger partial charge is 0.105 e. The van der Waals surface area contributed by atoms with Crippen LogP contribution in [0, 0.1) is 0 Å². The van der Waals surface area contributed by atoms with Crippen LogP contribution in [-0.2, 0) is 0 Å². The standard InChI is InChI=1S/C9H20N2O/c1-3-11(9(2)12)8-10-6-4-5-7-10/h9,12H,3-8H2,1-2H3. The molecule has 12 heavy (non-hydrogen) atoms. The summed E-state index contributed by atoms with van der Waals surface area (Å²) < 4.78 is 0. The molecule has 0 aromatic rings. The molecule has 1 heterocycles. The summed E-state index contributed by atoms with van der Waals surface area (Å²) in [7, 11) is 0. The van der Waals surface area contributed by atoms with Crippen molar-refractivity contribution in [2.24, 2.45) is 0 Å². The van der Waals surface area contributed by atoms with Crippen molar-refractivity contribution in [3.63, 3.8) is 0 Å². The number of hydrogen-bond donors (Lipinski definition) is 1. The lowest BCUT2D eigenvalue weighted by molar-refractivity contribution is -0.00956. The quantitative estimate of drug-likeness (QED) is 0.632. The first-order valence-corrected chi connectivity index (χ1v) is 4.88. The lowest BCUT2D eigenvalue weighted by Crippen LogP contribution is -2.41. The molecule has 0 aromatic carbocycles. The first-order chi connectivity index (χ1) is 5.74. The van der Waals surface area contributed by atoms with Crippen molar-refractivity contribution >= 4 is 0 Å². The zero-order valence-electron chi connectivity index (χ0n) is 8.16. The van der Waals surface area contributed by atoms with E-state index in [1.807, 2.05) is 6.92 Å². The van der Waals surface area contributed by atoms with E-state index < -0.39 is 0 Å². The molecule has 1 N–H and O–H groups in total. The average Bonchev–Trinajstić information content (AvgIpc) is 2.51. The molecule has 1 aliphatic heterocycles. The van der Waals surface area contributed by atoms with Gasteiger partial charge in [-0.1, -0.05) is 6.92 Å². The highest BCUT2D eigenvalue weighted by molar-refractivity contribution is 4.66. The molecule has 1 saturated heterocycles. The van der Waals surface area contributed by atoms with Gasteiger partial charge in [-0.05, 0) is 39.4 Å². The predicted octanol–water partition coefficient (Wildman–Crippen LogP) is 0.700. The molecule has 1 aliphatic rings. The van der Waals surface area contributed by atoms with E-state index in [0.717, 1.165) is 13.2 Å². The minimum absolute atomic E-state index is 0.310. The summed E-state index contributed by atoms with van der Waals surface area (Å²) >= 11 is 0. The Bertz CT molecular complexity index is 122. The van der Waals surface area contributed by atoms with Crippen LogP contribution in [0.5, 0.6) is 0 Å². The minimum Gasteiger partial charge on any atom is -0.379 e. The van der Waals surface area contributed by atoms with Crippen LogP contribution in [0.4, 0.5) is 0 Å². The van der Waals surface area contributed by atoms with Crippen molar-refractivity contribution in [1.29, 1.82) is 0 Å². The normalized spacial score (nSPS) is 22.0. The van der Waals surface area contributed by atoms with E-state index in [-0.39, 0.29) is 6.23 Å². The summed E-state index contributed by atoms with van der Waals surface area (Å²) in [6, 6.07) is 0. The molecule has 1 atom stereocenters. The third-order valence-electron chi connectivity index (χ3n) is 2.51. The highest BCUT2D eigenvalue weighted by Crippen LogP contribution is 2.08. The fourth-order valence-electron chi connectivity index (χ4n) is 1.66. The largest absolute Gasteiger partial charge is 0.379 e. The lowest BCUT2D eigenvalue weighted by atomic mass is 10.4. The topological polar surface area (TPSA) is 26.7 Å². The highest BCUT2D eigenvalue weighted by atomic mass is 16.3.